The SMILES string of the molecule is O=C(Cc1ccc(Cl)cc1)NCCCc1nc2ccccc2n1CCCc1ccccc1. The van der Waals surface area contributed by atoms with Crippen LogP contribution in [-0.4, -0.2) is 22.0 Å². The van der Waals surface area contributed by atoms with E-state index in [4.69, 9.17) is 16.6 Å². The molecule has 4 nitrogen and oxygen atoms in total. The molecule has 4 aromatic rings. The van der Waals surface area contributed by atoms with E-state index in [1.54, 1.807) is 0 Å². The Morgan fingerprint density at radius 3 is 2.41 bits per heavy atom. The first-order valence-electron chi connectivity index (χ1n) is 11.2. The molecule has 0 bridgehead atoms. The molecule has 32 heavy (non-hydrogen) atoms. The molecule has 0 atom stereocenters. The third kappa shape index (κ3) is 5.98. The second kappa shape index (κ2) is 11.0. The van der Waals surface area contributed by atoms with Crippen molar-refractivity contribution >= 4 is 28.5 Å². The minimum Gasteiger partial charge on any atom is -0.356 e. The minimum absolute atomic E-state index is 0.0312. The topological polar surface area (TPSA) is 46.9 Å². The van der Waals surface area contributed by atoms with Crippen LogP contribution in [0.3, 0.4) is 0 Å². The van der Waals surface area contributed by atoms with Crippen LogP contribution in [0.5, 0.6) is 0 Å². The van der Waals surface area contributed by atoms with Crippen molar-refractivity contribution in [3.8, 4) is 0 Å². The summed E-state index contributed by atoms with van der Waals surface area (Å²) in [6.45, 7) is 1.58. The van der Waals surface area contributed by atoms with Crippen LogP contribution in [0.15, 0.2) is 78.9 Å². The molecule has 1 heterocycles. The van der Waals surface area contributed by atoms with E-state index in [2.05, 4.69) is 58.4 Å². The molecular weight excluding hydrogens is 418 g/mol. The quantitative estimate of drug-likeness (QED) is 0.322. The maximum atomic E-state index is 12.2. The minimum atomic E-state index is 0.0312. The number of aromatic nitrogens is 2. The molecule has 0 aliphatic heterocycles. The Hall–Kier alpha value is -3.11. The van der Waals surface area contributed by atoms with Gasteiger partial charge in [-0.15, -0.1) is 0 Å². The van der Waals surface area contributed by atoms with E-state index in [-0.39, 0.29) is 5.91 Å². The highest BCUT2D eigenvalue weighted by atomic mass is 35.5. The van der Waals surface area contributed by atoms with Crippen molar-refractivity contribution in [3.05, 3.63) is 101 Å². The molecule has 164 valence electrons. The van der Waals surface area contributed by atoms with Gasteiger partial charge in [-0.2, -0.15) is 0 Å². The highest BCUT2D eigenvalue weighted by molar-refractivity contribution is 6.30. The fraction of sp³-hybridized carbons (Fsp3) is 0.259. The summed E-state index contributed by atoms with van der Waals surface area (Å²) in [7, 11) is 0. The van der Waals surface area contributed by atoms with Crippen LogP contribution in [0.4, 0.5) is 0 Å². The maximum absolute atomic E-state index is 12.2. The largest absolute Gasteiger partial charge is 0.356 e. The number of aryl methyl sites for hydroxylation is 3. The number of nitrogens with one attached hydrogen (secondary N) is 1. The van der Waals surface area contributed by atoms with E-state index < -0.39 is 0 Å². The van der Waals surface area contributed by atoms with E-state index in [1.807, 2.05) is 30.3 Å². The lowest BCUT2D eigenvalue weighted by atomic mass is 10.1. The average molecular weight is 446 g/mol. The number of imidazole rings is 1. The van der Waals surface area contributed by atoms with Gasteiger partial charge in [-0.3, -0.25) is 4.79 Å². The molecule has 0 fully saturated rings. The van der Waals surface area contributed by atoms with Gasteiger partial charge in [0.05, 0.1) is 17.5 Å². The Balaban J connectivity index is 1.31. The summed E-state index contributed by atoms with van der Waals surface area (Å²) in [6.07, 6.45) is 4.17. The first kappa shape index (κ1) is 22.1. The molecule has 5 heteroatoms. The van der Waals surface area contributed by atoms with Gasteiger partial charge >= 0.3 is 0 Å². The zero-order valence-electron chi connectivity index (χ0n) is 18.1. The van der Waals surface area contributed by atoms with Gasteiger partial charge in [0.15, 0.2) is 0 Å². The van der Waals surface area contributed by atoms with Gasteiger partial charge in [0, 0.05) is 24.5 Å². The molecule has 0 unspecified atom stereocenters. The number of fused-ring (bicyclic) bond motifs is 1. The van der Waals surface area contributed by atoms with Crippen molar-refractivity contribution in [2.45, 2.75) is 38.6 Å². The van der Waals surface area contributed by atoms with E-state index >= 15 is 0 Å². The highest BCUT2D eigenvalue weighted by Crippen LogP contribution is 2.18. The molecule has 0 radical (unpaired) electrons. The Morgan fingerprint density at radius 1 is 0.844 bits per heavy atom. The van der Waals surface area contributed by atoms with E-state index in [1.165, 1.54) is 11.1 Å². The molecule has 4 rings (SSSR count). The number of carbonyl (C=O) groups excluding carboxylic acids is 1. The van der Waals surface area contributed by atoms with Gasteiger partial charge < -0.3 is 9.88 Å². The molecular formula is C27H28ClN3O. The first-order chi connectivity index (χ1) is 15.7. The van der Waals surface area contributed by atoms with Gasteiger partial charge in [-0.1, -0.05) is 66.2 Å². The van der Waals surface area contributed by atoms with Crippen molar-refractivity contribution in [1.82, 2.24) is 14.9 Å². The second-order valence-electron chi connectivity index (χ2n) is 8.01. The number of benzene rings is 3. The van der Waals surface area contributed by atoms with Gasteiger partial charge in [0.2, 0.25) is 5.91 Å². The Bertz CT molecular complexity index is 1150. The molecule has 1 amide bonds. The summed E-state index contributed by atoms with van der Waals surface area (Å²) in [5, 5.41) is 3.71. The second-order valence-corrected chi connectivity index (χ2v) is 8.45. The van der Waals surface area contributed by atoms with Crippen molar-refractivity contribution in [3.63, 3.8) is 0 Å². The lowest BCUT2D eigenvalue weighted by Crippen LogP contribution is -2.26. The summed E-state index contributed by atoms with van der Waals surface area (Å²) in [5.74, 6) is 1.12. The van der Waals surface area contributed by atoms with Crippen LogP contribution in [0.1, 0.15) is 29.8 Å². The zero-order valence-corrected chi connectivity index (χ0v) is 18.9. The van der Waals surface area contributed by atoms with Crippen LogP contribution < -0.4 is 5.32 Å². The van der Waals surface area contributed by atoms with Gasteiger partial charge in [-0.05, 0) is 54.7 Å². The summed E-state index contributed by atoms with van der Waals surface area (Å²) in [4.78, 5) is 17.1. The molecule has 3 aromatic carbocycles. The number of hydrogen-bond acceptors (Lipinski definition) is 2. The summed E-state index contributed by atoms with van der Waals surface area (Å²) in [5.41, 5.74) is 4.55. The normalized spacial score (nSPS) is 11.0. The number of para-hydroxylation sites is 2. The predicted octanol–water partition coefficient (Wildman–Crippen LogP) is 5.61. The fourth-order valence-corrected chi connectivity index (χ4v) is 4.10. The molecule has 1 aromatic heterocycles. The standard InChI is InChI=1S/C27H28ClN3O/c28-23-16-14-22(15-17-23)20-27(32)29-18-6-13-26-30-24-11-4-5-12-25(24)31(26)19-7-10-21-8-2-1-3-9-21/h1-5,8-9,11-12,14-17H,6-7,10,13,18-20H2,(H,29,32). The maximum Gasteiger partial charge on any atom is 0.224 e. The molecule has 0 aliphatic carbocycles. The van der Waals surface area contributed by atoms with E-state index in [9.17, 15) is 4.79 Å². The third-order valence-corrected chi connectivity index (χ3v) is 5.85. The molecule has 0 saturated heterocycles. The fourth-order valence-electron chi connectivity index (χ4n) is 3.98. The number of nitrogens with zero attached hydrogens (tertiary/aromatic N) is 2. The number of rotatable bonds is 10. The highest BCUT2D eigenvalue weighted by Gasteiger charge is 2.11. The number of halogens is 1. The first-order valence-corrected chi connectivity index (χ1v) is 11.6. The van der Waals surface area contributed by atoms with Crippen LogP contribution in [0, 0.1) is 0 Å². The van der Waals surface area contributed by atoms with Crippen molar-refractivity contribution in [2.75, 3.05) is 6.54 Å². The molecule has 1 N–H and O–H groups in total. The number of hydrogen-bond donors (Lipinski definition) is 1. The van der Waals surface area contributed by atoms with Crippen molar-refractivity contribution in [2.24, 2.45) is 0 Å². The molecule has 0 saturated carbocycles. The van der Waals surface area contributed by atoms with Gasteiger partial charge in [0.1, 0.15) is 5.82 Å². The van der Waals surface area contributed by atoms with Crippen LogP contribution in [-0.2, 0) is 30.6 Å². The number of amides is 1. The summed E-state index contributed by atoms with van der Waals surface area (Å²) in [6, 6.07) is 26.3. The van der Waals surface area contributed by atoms with Crippen LogP contribution in [0.2, 0.25) is 5.02 Å². The average Bonchev–Trinajstić information content (AvgIpc) is 3.16. The van der Waals surface area contributed by atoms with Crippen molar-refractivity contribution < 1.29 is 4.79 Å². The lowest BCUT2D eigenvalue weighted by molar-refractivity contribution is -0.120. The summed E-state index contributed by atoms with van der Waals surface area (Å²) < 4.78 is 2.34. The number of carbonyl (C=O) groups is 1. The summed E-state index contributed by atoms with van der Waals surface area (Å²) >= 11 is 5.91. The molecule has 0 spiro atoms. The van der Waals surface area contributed by atoms with E-state index in [0.29, 0.717) is 18.0 Å². The van der Waals surface area contributed by atoms with Crippen LogP contribution in [0.25, 0.3) is 11.0 Å². The van der Waals surface area contributed by atoms with Gasteiger partial charge in [-0.25, -0.2) is 4.98 Å². The Morgan fingerprint density at radius 2 is 1.59 bits per heavy atom. The molecule has 0 aliphatic rings. The zero-order chi connectivity index (χ0) is 22.2. The lowest BCUT2D eigenvalue weighted by Gasteiger charge is -2.10. The monoisotopic (exact) mass is 445 g/mol. The van der Waals surface area contributed by atoms with Gasteiger partial charge in [0.25, 0.3) is 0 Å². The Kier molecular flexibility index (Phi) is 7.57. The predicted molar refractivity (Wildman–Crippen MR) is 131 cm³/mol. The Labute approximate surface area is 194 Å². The smallest absolute Gasteiger partial charge is 0.224 e. The van der Waals surface area contributed by atoms with E-state index in [0.717, 1.165) is 49.1 Å². The van der Waals surface area contributed by atoms with Crippen molar-refractivity contribution in [1.29, 1.82) is 0 Å². The van der Waals surface area contributed by atoms with Crippen LogP contribution >= 0.6 is 11.6 Å². The third-order valence-electron chi connectivity index (χ3n) is 5.60.